The Labute approximate surface area is 99.8 Å². The SMILES string of the molecule is CCCC(Cl)Cc1cc([N+](=O)[O-])c(C)cn1. The van der Waals surface area contributed by atoms with Gasteiger partial charge < -0.3 is 0 Å². The lowest BCUT2D eigenvalue weighted by molar-refractivity contribution is -0.385. The highest BCUT2D eigenvalue weighted by molar-refractivity contribution is 6.20. The number of halogens is 1. The van der Waals surface area contributed by atoms with E-state index in [4.69, 9.17) is 11.6 Å². The molecule has 0 spiro atoms. The number of aryl methyl sites for hydroxylation is 1. The van der Waals surface area contributed by atoms with Crippen molar-refractivity contribution < 1.29 is 4.92 Å². The van der Waals surface area contributed by atoms with E-state index >= 15 is 0 Å². The minimum atomic E-state index is -0.385. The van der Waals surface area contributed by atoms with Gasteiger partial charge in [0.05, 0.1) is 4.92 Å². The standard InChI is InChI=1S/C11H15ClN2O2/c1-3-4-9(12)5-10-6-11(14(15)16)8(2)7-13-10/h6-7,9H,3-5H2,1-2H3. The number of nitrogens with zero attached hydrogens (tertiary/aromatic N) is 2. The van der Waals surface area contributed by atoms with Crippen molar-refractivity contribution in [3.8, 4) is 0 Å². The van der Waals surface area contributed by atoms with Crippen molar-refractivity contribution in [2.45, 2.75) is 38.5 Å². The lowest BCUT2D eigenvalue weighted by Gasteiger charge is -2.07. The van der Waals surface area contributed by atoms with Crippen LogP contribution in [0.25, 0.3) is 0 Å². The average Bonchev–Trinajstić information content (AvgIpc) is 2.21. The summed E-state index contributed by atoms with van der Waals surface area (Å²) in [6.45, 7) is 3.74. The molecular formula is C11H15ClN2O2. The molecule has 1 atom stereocenters. The summed E-state index contributed by atoms with van der Waals surface area (Å²) >= 11 is 6.08. The zero-order valence-corrected chi connectivity index (χ0v) is 10.2. The van der Waals surface area contributed by atoms with Gasteiger partial charge in [-0.05, 0) is 13.3 Å². The summed E-state index contributed by atoms with van der Waals surface area (Å²) in [5.74, 6) is 0. The normalized spacial score (nSPS) is 12.4. The number of aromatic nitrogens is 1. The first-order valence-corrected chi connectivity index (χ1v) is 5.72. The lowest BCUT2D eigenvalue weighted by atomic mass is 10.1. The van der Waals surface area contributed by atoms with Crippen molar-refractivity contribution >= 4 is 17.3 Å². The maximum atomic E-state index is 10.7. The molecule has 0 aliphatic carbocycles. The topological polar surface area (TPSA) is 56.0 Å². The van der Waals surface area contributed by atoms with Crippen LogP contribution in [0.2, 0.25) is 0 Å². The quantitative estimate of drug-likeness (QED) is 0.452. The van der Waals surface area contributed by atoms with E-state index in [1.54, 1.807) is 6.92 Å². The molecule has 4 nitrogen and oxygen atoms in total. The Balaban J connectivity index is 2.82. The smallest absolute Gasteiger partial charge is 0.260 e. The van der Waals surface area contributed by atoms with Gasteiger partial charge in [0.1, 0.15) is 0 Å². The first-order valence-electron chi connectivity index (χ1n) is 5.28. The largest absolute Gasteiger partial charge is 0.275 e. The monoisotopic (exact) mass is 242 g/mol. The van der Waals surface area contributed by atoms with Crippen molar-refractivity contribution in [3.05, 3.63) is 33.6 Å². The fourth-order valence-corrected chi connectivity index (χ4v) is 1.88. The minimum Gasteiger partial charge on any atom is -0.260 e. The van der Waals surface area contributed by atoms with Gasteiger partial charge >= 0.3 is 0 Å². The molecule has 0 aromatic carbocycles. The van der Waals surface area contributed by atoms with Crippen LogP contribution in [0.5, 0.6) is 0 Å². The summed E-state index contributed by atoms with van der Waals surface area (Å²) in [6, 6.07) is 1.51. The van der Waals surface area contributed by atoms with Crippen LogP contribution in [0.1, 0.15) is 31.0 Å². The van der Waals surface area contributed by atoms with Gasteiger partial charge in [-0.1, -0.05) is 13.3 Å². The molecule has 0 N–H and O–H groups in total. The Bertz CT molecular complexity index is 382. The number of alkyl halides is 1. The van der Waals surface area contributed by atoms with Gasteiger partial charge in [0.25, 0.3) is 5.69 Å². The molecule has 5 heteroatoms. The van der Waals surface area contributed by atoms with Gasteiger partial charge in [-0.15, -0.1) is 11.6 Å². The first-order chi connectivity index (χ1) is 7.54. The molecule has 1 aromatic rings. The molecule has 0 saturated heterocycles. The van der Waals surface area contributed by atoms with Crippen LogP contribution in [0.4, 0.5) is 5.69 Å². The number of hydrogen-bond donors (Lipinski definition) is 0. The maximum absolute atomic E-state index is 10.7. The van der Waals surface area contributed by atoms with Gasteiger partial charge in [-0.3, -0.25) is 15.1 Å². The fraction of sp³-hybridized carbons (Fsp3) is 0.545. The van der Waals surface area contributed by atoms with Gasteiger partial charge in [-0.25, -0.2) is 0 Å². The second kappa shape index (κ2) is 5.80. The van der Waals surface area contributed by atoms with Crippen molar-refractivity contribution in [1.29, 1.82) is 0 Å². The second-order valence-electron chi connectivity index (χ2n) is 3.81. The summed E-state index contributed by atoms with van der Waals surface area (Å²) in [7, 11) is 0. The number of rotatable bonds is 5. The summed E-state index contributed by atoms with van der Waals surface area (Å²) in [4.78, 5) is 14.5. The van der Waals surface area contributed by atoms with E-state index in [9.17, 15) is 10.1 Å². The fourth-order valence-electron chi connectivity index (χ4n) is 1.51. The van der Waals surface area contributed by atoms with E-state index in [0.717, 1.165) is 12.8 Å². The van der Waals surface area contributed by atoms with Gasteiger partial charge in [0.15, 0.2) is 0 Å². The Morgan fingerprint density at radius 1 is 1.62 bits per heavy atom. The summed E-state index contributed by atoms with van der Waals surface area (Å²) < 4.78 is 0. The molecular weight excluding hydrogens is 228 g/mol. The van der Waals surface area contributed by atoms with E-state index in [1.807, 2.05) is 0 Å². The maximum Gasteiger partial charge on any atom is 0.275 e. The highest BCUT2D eigenvalue weighted by atomic mass is 35.5. The van der Waals surface area contributed by atoms with Gasteiger partial charge in [0, 0.05) is 35.3 Å². The summed E-state index contributed by atoms with van der Waals surface area (Å²) in [5, 5.41) is 10.7. The summed E-state index contributed by atoms with van der Waals surface area (Å²) in [6.07, 6.45) is 4.01. The first kappa shape index (κ1) is 12.9. The molecule has 1 heterocycles. The molecule has 1 unspecified atom stereocenters. The molecule has 0 bridgehead atoms. The van der Waals surface area contributed by atoms with E-state index < -0.39 is 0 Å². The average molecular weight is 243 g/mol. The van der Waals surface area contributed by atoms with Crippen LogP contribution < -0.4 is 0 Å². The highest BCUT2D eigenvalue weighted by Crippen LogP contribution is 2.19. The third-order valence-electron chi connectivity index (χ3n) is 2.36. The van der Waals surface area contributed by atoms with E-state index in [2.05, 4.69) is 11.9 Å². The zero-order valence-electron chi connectivity index (χ0n) is 9.44. The molecule has 1 rings (SSSR count). The van der Waals surface area contributed by atoms with E-state index in [-0.39, 0.29) is 16.0 Å². The van der Waals surface area contributed by atoms with Crippen molar-refractivity contribution in [1.82, 2.24) is 4.98 Å². The van der Waals surface area contributed by atoms with Crippen LogP contribution in [-0.2, 0) is 6.42 Å². The predicted octanol–water partition coefficient (Wildman–Crippen LogP) is 3.25. The van der Waals surface area contributed by atoms with Gasteiger partial charge in [-0.2, -0.15) is 0 Å². The molecule has 0 aliphatic rings. The Hall–Kier alpha value is -1.16. The van der Waals surface area contributed by atoms with Crippen molar-refractivity contribution in [2.24, 2.45) is 0 Å². The summed E-state index contributed by atoms with van der Waals surface area (Å²) in [5.41, 5.74) is 1.38. The molecule has 0 fully saturated rings. The molecule has 0 saturated carbocycles. The van der Waals surface area contributed by atoms with Crippen LogP contribution >= 0.6 is 11.6 Å². The van der Waals surface area contributed by atoms with Crippen molar-refractivity contribution in [3.63, 3.8) is 0 Å². The minimum absolute atomic E-state index is 0.000176. The Morgan fingerprint density at radius 2 is 2.31 bits per heavy atom. The van der Waals surface area contributed by atoms with Crippen LogP contribution in [0.3, 0.4) is 0 Å². The molecule has 1 aromatic heterocycles. The van der Waals surface area contributed by atoms with Crippen LogP contribution in [0, 0.1) is 17.0 Å². The third kappa shape index (κ3) is 3.45. The second-order valence-corrected chi connectivity index (χ2v) is 4.43. The van der Waals surface area contributed by atoms with Crippen LogP contribution in [-0.4, -0.2) is 15.3 Å². The molecule has 0 radical (unpaired) electrons. The molecule has 88 valence electrons. The number of nitro groups is 1. The Kier molecular flexibility index (Phi) is 4.68. The highest BCUT2D eigenvalue weighted by Gasteiger charge is 2.14. The molecule has 0 aliphatic heterocycles. The van der Waals surface area contributed by atoms with Gasteiger partial charge in [0.2, 0.25) is 0 Å². The van der Waals surface area contributed by atoms with Crippen LogP contribution in [0.15, 0.2) is 12.3 Å². The van der Waals surface area contributed by atoms with E-state index in [1.165, 1.54) is 12.3 Å². The van der Waals surface area contributed by atoms with E-state index in [0.29, 0.717) is 17.7 Å². The lowest BCUT2D eigenvalue weighted by Crippen LogP contribution is -2.05. The number of hydrogen-bond acceptors (Lipinski definition) is 3. The molecule has 0 amide bonds. The molecule has 16 heavy (non-hydrogen) atoms. The zero-order chi connectivity index (χ0) is 12.1. The third-order valence-corrected chi connectivity index (χ3v) is 2.73. The number of pyridine rings is 1. The Morgan fingerprint density at radius 3 is 2.88 bits per heavy atom. The predicted molar refractivity (Wildman–Crippen MR) is 63.9 cm³/mol. The van der Waals surface area contributed by atoms with Crippen molar-refractivity contribution in [2.75, 3.05) is 0 Å².